The summed E-state index contributed by atoms with van der Waals surface area (Å²) in [5.41, 5.74) is 3.39. The zero-order chi connectivity index (χ0) is 21.3. The molecule has 1 N–H and O–H groups in total. The molecule has 0 spiro atoms. The fourth-order valence-electron chi connectivity index (χ4n) is 4.31. The highest BCUT2D eigenvalue weighted by Gasteiger charge is 2.33. The van der Waals surface area contributed by atoms with Gasteiger partial charge in [0.1, 0.15) is 0 Å². The highest BCUT2D eigenvalue weighted by Crippen LogP contribution is 2.40. The number of carbonyl (C=O) groups excluding carboxylic acids is 2. The molecule has 7 heteroatoms. The second-order valence-corrected chi connectivity index (χ2v) is 8.29. The van der Waals surface area contributed by atoms with Crippen molar-refractivity contribution in [1.82, 2.24) is 4.90 Å². The van der Waals surface area contributed by atoms with E-state index < -0.39 is 0 Å². The van der Waals surface area contributed by atoms with Gasteiger partial charge in [0.25, 0.3) is 5.91 Å². The third kappa shape index (κ3) is 4.16. The molecule has 0 bridgehead atoms. The van der Waals surface area contributed by atoms with E-state index >= 15 is 0 Å². The normalized spacial score (nSPS) is 21.2. The van der Waals surface area contributed by atoms with Crippen molar-refractivity contribution in [1.29, 1.82) is 0 Å². The minimum atomic E-state index is -0.0239. The van der Waals surface area contributed by atoms with Crippen molar-refractivity contribution in [3.8, 4) is 0 Å². The van der Waals surface area contributed by atoms with Gasteiger partial charge in [-0.3, -0.25) is 9.59 Å². The summed E-state index contributed by atoms with van der Waals surface area (Å²) < 4.78 is 5.36. The van der Waals surface area contributed by atoms with Gasteiger partial charge in [0, 0.05) is 48.0 Å². The summed E-state index contributed by atoms with van der Waals surface area (Å²) in [7, 11) is 0. The Hall–Kier alpha value is -2.57. The predicted octanol–water partition coefficient (Wildman–Crippen LogP) is 4.11. The lowest BCUT2D eigenvalue weighted by Gasteiger charge is -2.40. The van der Waals surface area contributed by atoms with Crippen molar-refractivity contribution in [3.63, 3.8) is 0 Å². The Morgan fingerprint density at radius 3 is 2.47 bits per heavy atom. The third-order valence-electron chi connectivity index (χ3n) is 5.75. The quantitative estimate of drug-likeness (QED) is 0.800. The van der Waals surface area contributed by atoms with Crippen molar-refractivity contribution >= 4 is 34.8 Å². The van der Waals surface area contributed by atoms with Gasteiger partial charge >= 0.3 is 0 Å². The van der Waals surface area contributed by atoms with Gasteiger partial charge in [0.2, 0.25) is 5.91 Å². The van der Waals surface area contributed by atoms with Crippen LogP contribution in [0, 0.1) is 0 Å². The molecular formula is C23H26ClN3O3. The van der Waals surface area contributed by atoms with E-state index in [0.29, 0.717) is 36.9 Å². The van der Waals surface area contributed by atoms with E-state index in [1.807, 2.05) is 59.2 Å². The van der Waals surface area contributed by atoms with E-state index in [9.17, 15) is 9.59 Å². The molecule has 2 amide bonds. The van der Waals surface area contributed by atoms with E-state index in [4.69, 9.17) is 16.3 Å². The Morgan fingerprint density at radius 1 is 1.10 bits per heavy atom. The smallest absolute Gasteiger partial charge is 0.254 e. The molecule has 1 fully saturated rings. The minimum absolute atomic E-state index is 0.000611. The predicted molar refractivity (Wildman–Crippen MR) is 118 cm³/mol. The van der Waals surface area contributed by atoms with Gasteiger partial charge in [-0.2, -0.15) is 0 Å². The highest BCUT2D eigenvalue weighted by molar-refractivity contribution is 6.30. The van der Waals surface area contributed by atoms with E-state index in [2.05, 4.69) is 5.32 Å². The van der Waals surface area contributed by atoms with E-state index in [1.165, 1.54) is 0 Å². The van der Waals surface area contributed by atoms with Gasteiger partial charge in [0.05, 0.1) is 19.3 Å². The summed E-state index contributed by atoms with van der Waals surface area (Å²) in [4.78, 5) is 29.0. The lowest BCUT2D eigenvalue weighted by Crippen LogP contribution is -2.43. The molecule has 0 aliphatic carbocycles. The van der Waals surface area contributed by atoms with Gasteiger partial charge in [-0.1, -0.05) is 11.6 Å². The van der Waals surface area contributed by atoms with Crippen LogP contribution >= 0.6 is 11.6 Å². The number of benzene rings is 2. The van der Waals surface area contributed by atoms with Crippen molar-refractivity contribution in [2.45, 2.75) is 32.4 Å². The molecule has 2 unspecified atom stereocenters. The Balaban J connectivity index is 1.69. The van der Waals surface area contributed by atoms with E-state index in [-0.39, 0.29) is 23.9 Å². The molecule has 1 saturated heterocycles. The van der Waals surface area contributed by atoms with Crippen molar-refractivity contribution in [2.24, 2.45) is 0 Å². The molecule has 2 aliphatic heterocycles. The standard InChI is InChI=1S/C23H26ClN3O3/c1-15-13-21(25-19-6-4-18(24)5-7-19)20-14-17(3-8-22(20)27(15)16(2)28)23(29)26-9-11-30-12-10-26/h3-8,14-15,21,25H,9-13H2,1-2H3. The zero-order valence-electron chi connectivity index (χ0n) is 17.2. The highest BCUT2D eigenvalue weighted by atomic mass is 35.5. The Morgan fingerprint density at radius 2 is 1.80 bits per heavy atom. The van der Waals surface area contributed by atoms with E-state index in [0.717, 1.165) is 23.4 Å². The molecule has 2 aromatic carbocycles. The molecule has 30 heavy (non-hydrogen) atoms. The Kier molecular flexibility index (Phi) is 5.97. The largest absolute Gasteiger partial charge is 0.378 e. The first-order chi connectivity index (χ1) is 14.4. The molecule has 2 atom stereocenters. The second kappa shape index (κ2) is 8.66. The number of hydrogen-bond donors (Lipinski definition) is 1. The van der Waals surface area contributed by atoms with Gasteiger partial charge in [-0.25, -0.2) is 0 Å². The first kappa shape index (κ1) is 20.7. The SMILES string of the molecule is CC(=O)N1c2ccc(C(=O)N3CCOCC3)cc2C(Nc2ccc(Cl)cc2)CC1C. The molecular weight excluding hydrogens is 402 g/mol. The number of carbonyl (C=O) groups is 2. The maximum absolute atomic E-state index is 13.0. The number of ether oxygens (including phenoxy) is 1. The van der Waals surface area contributed by atoms with Gasteiger partial charge in [-0.15, -0.1) is 0 Å². The number of fused-ring (bicyclic) bond motifs is 1. The van der Waals surface area contributed by atoms with Gasteiger partial charge in [0.15, 0.2) is 0 Å². The van der Waals surface area contributed by atoms with Crippen LogP contribution in [0.25, 0.3) is 0 Å². The molecule has 4 rings (SSSR count). The van der Waals surface area contributed by atoms with Crippen LogP contribution in [0.2, 0.25) is 5.02 Å². The average Bonchev–Trinajstić information content (AvgIpc) is 2.75. The fourth-order valence-corrected chi connectivity index (χ4v) is 4.44. The van der Waals surface area contributed by atoms with Crippen LogP contribution in [0.4, 0.5) is 11.4 Å². The van der Waals surface area contributed by atoms with Crippen molar-refractivity contribution in [3.05, 3.63) is 58.6 Å². The number of nitrogens with one attached hydrogen (secondary N) is 1. The molecule has 158 valence electrons. The summed E-state index contributed by atoms with van der Waals surface area (Å²) in [5.74, 6) is 0.000267. The fraction of sp³-hybridized carbons (Fsp3) is 0.391. The summed E-state index contributed by atoms with van der Waals surface area (Å²) >= 11 is 6.02. The van der Waals surface area contributed by atoms with Crippen LogP contribution in [0.15, 0.2) is 42.5 Å². The van der Waals surface area contributed by atoms with Crippen molar-refractivity contribution in [2.75, 3.05) is 36.5 Å². The monoisotopic (exact) mass is 427 g/mol. The molecule has 2 heterocycles. The Labute approximate surface area is 181 Å². The van der Waals surface area contributed by atoms with Crippen LogP contribution in [-0.4, -0.2) is 49.1 Å². The zero-order valence-corrected chi connectivity index (χ0v) is 18.0. The second-order valence-electron chi connectivity index (χ2n) is 7.86. The number of rotatable bonds is 3. The maximum atomic E-state index is 13.0. The van der Waals surface area contributed by atoms with Crippen LogP contribution in [0.5, 0.6) is 0 Å². The molecule has 0 aromatic heterocycles. The number of anilines is 2. The topological polar surface area (TPSA) is 61.9 Å². The molecule has 2 aliphatic rings. The summed E-state index contributed by atoms with van der Waals surface area (Å²) in [6.07, 6.45) is 0.740. The summed E-state index contributed by atoms with van der Waals surface area (Å²) in [6.45, 7) is 5.95. The summed E-state index contributed by atoms with van der Waals surface area (Å²) in [5, 5.41) is 4.24. The number of hydrogen-bond acceptors (Lipinski definition) is 4. The molecule has 6 nitrogen and oxygen atoms in total. The van der Waals surface area contributed by atoms with Crippen LogP contribution in [-0.2, 0) is 9.53 Å². The average molecular weight is 428 g/mol. The lowest BCUT2D eigenvalue weighted by molar-refractivity contribution is -0.117. The first-order valence-corrected chi connectivity index (χ1v) is 10.6. The number of halogens is 1. The molecule has 0 radical (unpaired) electrons. The van der Waals surface area contributed by atoms with Gasteiger partial charge < -0.3 is 19.9 Å². The van der Waals surface area contributed by atoms with Crippen molar-refractivity contribution < 1.29 is 14.3 Å². The van der Waals surface area contributed by atoms with Crippen LogP contribution < -0.4 is 10.2 Å². The van der Waals surface area contributed by atoms with Crippen LogP contribution in [0.3, 0.4) is 0 Å². The Bertz CT molecular complexity index is 941. The number of amides is 2. The number of nitrogens with zero attached hydrogens (tertiary/aromatic N) is 2. The first-order valence-electron chi connectivity index (χ1n) is 10.3. The minimum Gasteiger partial charge on any atom is -0.378 e. The third-order valence-corrected chi connectivity index (χ3v) is 6.00. The summed E-state index contributed by atoms with van der Waals surface area (Å²) in [6, 6.07) is 13.2. The maximum Gasteiger partial charge on any atom is 0.254 e. The van der Waals surface area contributed by atoms with Crippen LogP contribution in [0.1, 0.15) is 42.2 Å². The molecule has 2 aromatic rings. The molecule has 0 saturated carbocycles. The lowest BCUT2D eigenvalue weighted by atomic mass is 9.89. The van der Waals surface area contributed by atoms with Gasteiger partial charge in [-0.05, 0) is 61.4 Å². The number of morpholine rings is 1. The van der Waals surface area contributed by atoms with E-state index in [1.54, 1.807) is 6.92 Å².